The number of aryl methyl sites for hydroxylation is 1. The Labute approximate surface area is 149 Å². The first-order valence-corrected chi connectivity index (χ1v) is 8.88. The maximum Gasteiger partial charge on any atom is 0.274 e. The van der Waals surface area contributed by atoms with Crippen LogP contribution >= 0.6 is 0 Å². The summed E-state index contributed by atoms with van der Waals surface area (Å²) in [4.78, 5) is 21.3. The number of rotatable bonds is 5. The van der Waals surface area contributed by atoms with Crippen LogP contribution in [0, 0.1) is 5.92 Å². The molecule has 0 saturated heterocycles. The van der Waals surface area contributed by atoms with Crippen LogP contribution in [-0.2, 0) is 26.6 Å². The van der Waals surface area contributed by atoms with Crippen LogP contribution in [0.4, 0.5) is 0 Å². The average molecular weight is 341 g/mol. The molecule has 6 heteroatoms. The van der Waals surface area contributed by atoms with Crippen LogP contribution < -0.4 is 0 Å². The molecule has 0 spiro atoms. The lowest BCUT2D eigenvalue weighted by Gasteiger charge is -2.29. The van der Waals surface area contributed by atoms with Gasteiger partial charge in [0, 0.05) is 45.5 Å². The Morgan fingerprint density at radius 1 is 1.36 bits per heavy atom. The largest absolute Gasteiger partial charge is 0.334 e. The molecular formula is C19H27N5O. The van der Waals surface area contributed by atoms with Gasteiger partial charge in [0.25, 0.3) is 5.91 Å². The second-order valence-electron chi connectivity index (χ2n) is 7.26. The second kappa shape index (κ2) is 7.35. The van der Waals surface area contributed by atoms with Crippen molar-refractivity contribution in [1.82, 2.24) is 24.6 Å². The third-order valence-electron chi connectivity index (χ3n) is 4.62. The quantitative estimate of drug-likeness (QED) is 0.836. The van der Waals surface area contributed by atoms with Crippen LogP contribution in [0.1, 0.15) is 41.3 Å². The monoisotopic (exact) mass is 341 g/mol. The molecule has 25 heavy (non-hydrogen) atoms. The summed E-state index contributed by atoms with van der Waals surface area (Å²) in [5.74, 6) is 0.611. The molecule has 0 N–H and O–H groups in total. The van der Waals surface area contributed by atoms with Gasteiger partial charge in [-0.25, -0.2) is 0 Å². The topological polar surface area (TPSA) is 54.3 Å². The van der Waals surface area contributed by atoms with Crippen LogP contribution in [0.3, 0.4) is 0 Å². The summed E-state index contributed by atoms with van der Waals surface area (Å²) in [6, 6.07) is 5.75. The molecule has 0 fully saturated rings. The number of fused-ring (bicyclic) bond motifs is 1. The van der Waals surface area contributed by atoms with E-state index in [4.69, 9.17) is 0 Å². The van der Waals surface area contributed by atoms with Crippen LogP contribution in [0.15, 0.2) is 24.4 Å². The predicted octanol–water partition coefficient (Wildman–Crippen LogP) is 2.10. The fourth-order valence-corrected chi connectivity index (χ4v) is 3.46. The van der Waals surface area contributed by atoms with E-state index in [-0.39, 0.29) is 5.91 Å². The van der Waals surface area contributed by atoms with E-state index in [9.17, 15) is 4.79 Å². The van der Waals surface area contributed by atoms with Gasteiger partial charge in [0.05, 0.1) is 17.9 Å². The molecule has 0 atom stereocenters. The summed E-state index contributed by atoms with van der Waals surface area (Å²) in [5.41, 5.74) is 3.76. The van der Waals surface area contributed by atoms with E-state index in [2.05, 4.69) is 28.8 Å². The molecule has 1 aliphatic rings. The number of aromatic nitrogens is 3. The highest BCUT2D eigenvalue weighted by Crippen LogP contribution is 2.23. The number of carbonyl (C=O) groups excluding carboxylic acids is 1. The number of carbonyl (C=O) groups is 1. The standard InChI is InChI=1S/C19H27N5O/c1-14(2)11-24-10-8-16-17(13-24)23(4)21-18(16)19(25)22(3)12-15-7-5-6-9-20-15/h5-7,9,14H,8,10-13H2,1-4H3. The van der Waals surface area contributed by atoms with Crippen molar-refractivity contribution in [3.05, 3.63) is 47.0 Å². The van der Waals surface area contributed by atoms with Gasteiger partial charge in [-0.2, -0.15) is 5.10 Å². The van der Waals surface area contributed by atoms with Gasteiger partial charge < -0.3 is 4.90 Å². The minimum atomic E-state index is -0.0280. The van der Waals surface area contributed by atoms with Crippen LogP contribution in [0.2, 0.25) is 0 Å². The zero-order chi connectivity index (χ0) is 18.0. The van der Waals surface area contributed by atoms with Gasteiger partial charge in [0.1, 0.15) is 0 Å². The van der Waals surface area contributed by atoms with Gasteiger partial charge in [-0.3, -0.25) is 19.4 Å². The molecule has 0 unspecified atom stereocenters. The summed E-state index contributed by atoms with van der Waals surface area (Å²) in [5, 5.41) is 4.55. The molecule has 1 aliphatic heterocycles. The highest BCUT2D eigenvalue weighted by molar-refractivity contribution is 5.93. The Morgan fingerprint density at radius 3 is 2.84 bits per heavy atom. The van der Waals surface area contributed by atoms with Crippen molar-refractivity contribution in [3.63, 3.8) is 0 Å². The number of pyridine rings is 1. The Bertz CT molecular complexity index is 738. The smallest absolute Gasteiger partial charge is 0.274 e. The number of hydrogen-bond donors (Lipinski definition) is 0. The lowest BCUT2D eigenvalue weighted by molar-refractivity contribution is 0.0775. The first-order valence-electron chi connectivity index (χ1n) is 8.88. The molecule has 2 aromatic rings. The van der Waals surface area contributed by atoms with E-state index < -0.39 is 0 Å². The Balaban J connectivity index is 1.76. The Hall–Kier alpha value is -2.21. The number of hydrogen-bond acceptors (Lipinski definition) is 4. The fourth-order valence-electron chi connectivity index (χ4n) is 3.46. The average Bonchev–Trinajstić information content (AvgIpc) is 2.91. The molecule has 0 bridgehead atoms. The maximum atomic E-state index is 12.9. The van der Waals surface area contributed by atoms with Crippen molar-refractivity contribution < 1.29 is 4.79 Å². The van der Waals surface area contributed by atoms with E-state index in [0.717, 1.165) is 37.3 Å². The first kappa shape index (κ1) is 17.6. The molecular weight excluding hydrogens is 314 g/mol. The van der Waals surface area contributed by atoms with Crippen LogP contribution in [0.5, 0.6) is 0 Å². The zero-order valence-electron chi connectivity index (χ0n) is 15.6. The molecule has 0 aromatic carbocycles. The molecule has 2 aromatic heterocycles. The first-order chi connectivity index (χ1) is 12.0. The Kier molecular flexibility index (Phi) is 5.18. The second-order valence-corrected chi connectivity index (χ2v) is 7.26. The summed E-state index contributed by atoms with van der Waals surface area (Å²) >= 11 is 0. The minimum absolute atomic E-state index is 0.0280. The lowest BCUT2D eigenvalue weighted by Crippen LogP contribution is -2.35. The highest BCUT2D eigenvalue weighted by atomic mass is 16.2. The van der Waals surface area contributed by atoms with Gasteiger partial charge in [-0.1, -0.05) is 19.9 Å². The summed E-state index contributed by atoms with van der Waals surface area (Å²) in [6.07, 6.45) is 2.63. The Morgan fingerprint density at radius 2 is 2.16 bits per heavy atom. The number of amides is 1. The van der Waals surface area contributed by atoms with Crippen molar-refractivity contribution in [2.45, 2.75) is 33.4 Å². The van der Waals surface area contributed by atoms with E-state index >= 15 is 0 Å². The van der Waals surface area contributed by atoms with Crippen molar-refractivity contribution in [2.75, 3.05) is 20.1 Å². The molecule has 0 saturated carbocycles. The highest BCUT2D eigenvalue weighted by Gasteiger charge is 2.28. The van der Waals surface area contributed by atoms with Gasteiger partial charge in [-0.15, -0.1) is 0 Å². The van der Waals surface area contributed by atoms with Gasteiger partial charge in [-0.05, 0) is 24.5 Å². The molecule has 3 rings (SSSR count). The number of nitrogens with zero attached hydrogens (tertiary/aromatic N) is 5. The molecule has 1 amide bonds. The van der Waals surface area contributed by atoms with Crippen LogP contribution in [-0.4, -0.2) is 50.6 Å². The van der Waals surface area contributed by atoms with Crippen molar-refractivity contribution in [3.8, 4) is 0 Å². The van der Waals surface area contributed by atoms with E-state index in [1.54, 1.807) is 11.1 Å². The van der Waals surface area contributed by atoms with Crippen molar-refractivity contribution >= 4 is 5.91 Å². The van der Waals surface area contributed by atoms with Gasteiger partial charge in [0.2, 0.25) is 0 Å². The fraction of sp³-hybridized carbons (Fsp3) is 0.526. The SMILES string of the molecule is CC(C)CN1CCc2c(C(=O)N(C)Cc3ccccn3)nn(C)c2C1. The van der Waals surface area contributed by atoms with Crippen molar-refractivity contribution in [2.24, 2.45) is 13.0 Å². The van der Waals surface area contributed by atoms with E-state index in [1.165, 1.54) is 5.69 Å². The zero-order valence-corrected chi connectivity index (χ0v) is 15.6. The maximum absolute atomic E-state index is 12.9. The summed E-state index contributed by atoms with van der Waals surface area (Å²) in [6.45, 7) is 7.90. The third-order valence-corrected chi connectivity index (χ3v) is 4.62. The molecule has 3 heterocycles. The molecule has 0 aliphatic carbocycles. The van der Waals surface area contributed by atoms with Crippen molar-refractivity contribution in [1.29, 1.82) is 0 Å². The molecule has 0 radical (unpaired) electrons. The normalized spacial score (nSPS) is 14.6. The molecule has 134 valence electrons. The van der Waals surface area contributed by atoms with Gasteiger partial charge >= 0.3 is 0 Å². The summed E-state index contributed by atoms with van der Waals surface area (Å²) < 4.78 is 1.88. The summed E-state index contributed by atoms with van der Waals surface area (Å²) in [7, 11) is 3.75. The molecule has 6 nitrogen and oxygen atoms in total. The minimum Gasteiger partial charge on any atom is -0.334 e. The van der Waals surface area contributed by atoms with Crippen LogP contribution in [0.25, 0.3) is 0 Å². The lowest BCUT2D eigenvalue weighted by atomic mass is 10.0. The third kappa shape index (κ3) is 3.90. The van der Waals surface area contributed by atoms with Gasteiger partial charge in [0.15, 0.2) is 5.69 Å². The van der Waals surface area contributed by atoms with E-state index in [0.29, 0.717) is 18.2 Å². The predicted molar refractivity (Wildman–Crippen MR) is 97.1 cm³/mol. The van der Waals surface area contributed by atoms with E-state index in [1.807, 2.05) is 37.0 Å².